The molecule has 5 heteroatoms. The zero-order chi connectivity index (χ0) is 15.9. The van der Waals surface area contributed by atoms with Gasteiger partial charge in [0.15, 0.2) is 0 Å². The molecule has 0 amide bonds. The molecule has 2 aliphatic rings. The normalized spacial score (nSPS) is 25.9. The summed E-state index contributed by atoms with van der Waals surface area (Å²) in [7, 11) is 1.73. The highest BCUT2D eigenvalue weighted by molar-refractivity contribution is 5.30. The maximum Gasteiger partial charge on any atom is 0.137 e. The van der Waals surface area contributed by atoms with Gasteiger partial charge in [0.05, 0.1) is 6.20 Å². The van der Waals surface area contributed by atoms with Crippen LogP contribution in [0.25, 0.3) is 0 Å². The molecule has 1 saturated heterocycles. The van der Waals surface area contributed by atoms with Crippen molar-refractivity contribution in [2.45, 2.75) is 37.6 Å². The highest BCUT2D eigenvalue weighted by atomic mass is 16.5. The maximum absolute atomic E-state index is 5.84. The van der Waals surface area contributed by atoms with Crippen LogP contribution in [0.15, 0.2) is 18.5 Å². The van der Waals surface area contributed by atoms with Crippen molar-refractivity contribution in [2.75, 3.05) is 40.1 Å². The van der Waals surface area contributed by atoms with Gasteiger partial charge in [0, 0.05) is 39.2 Å². The molecule has 2 fully saturated rings. The van der Waals surface area contributed by atoms with Gasteiger partial charge in [-0.3, -0.25) is 4.98 Å². The minimum Gasteiger partial charge on any atom is -0.490 e. The molecule has 3 atom stereocenters. The summed E-state index contributed by atoms with van der Waals surface area (Å²) in [4.78, 5) is 4.34. The number of aromatic nitrogens is 1. The molecular formula is C18H28N2O3. The van der Waals surface area contributed by atoms with Crippen LogP contribution in [-0.4, -0.2) is 51.1 Å². The quantitative estimate of drug-likeness (QED) is 0.634. The number of hydrogen-bond donors (Lipinski definition) is 1. The highest BCUT2D eigenvalue weighted by Crippen LogP contribution is 2.49. The van der Waals surface area contributed by atoms with Crippen molar-refractivity contribution in [1.29, 1.82) is 0 Å². The molecule has 1 aromatic rings. The molecule has 128 valence electrons. The molecule has 1 saturated carbocycles. The smallest absolute Gasteiger partial charge is 0.137 e. The Hall–Kier alpha value is -1.17. The second-order valence-electron chi connectivity index (χ2n) is 6.55. The van der Waals surface area contributed by atoms with Crippen LogP contribution in [0.2, 0.25) is 0 Å². The number of ether oxygens (including phenoxy) is 3. The summed E-state index contributed by atoms with van der Waals surface area (Å²) in [5, 5.41) is 3.35. The second kappa shape index (κ2) is 8.62. The number of methoxy groups -OCH3 is 1. The van der Waals surface area contributed by atoms with Gasteiger partial charge in [0.2, 0.25) is 0 Å². The molecule has 1 aromatic heterocycles. The lowest BCUT2D eigenvalue weighted by Crippen LogP contribution is -2.46. The number of rotatable bonds is 11. The van der Waals surface area contributed by atoms with Crippen LogP contribution in [-0.2, 0) is 9.47 Å². The Labute approximate surface area is 138 Å². The van der Waals surface area contributed by atoms with Crippen molar-refractivity contribution in [3.63, 3.8) is 0 Å². The number of pyridine rings is 1. The molecular weight excluding hydrogens is 292 g/mol. The van der Waals surface area contributed by atoms with Gasteiger partial charge in [-0.25, -0.2) is 0 Å². The monoisotopic (exact) mass is 320 g/mol. The molecule has 1 N–H and O–H groups in total. The van der Waals surface area contributed by atoms with Crippen molar-refractivity contribution in [2.24, 2.45) is 5.92 Å². The van der Waals surface area contributed by atoms with E-state index in [9.17, 15) is 0 Å². The van der Waals surface area contributed by atoms with E-state index < -0.39 is 0 Å². The molecule has 1 aliphatic carbocycles. The standard InChI is InChI=1S/C18H28N2O3/c1-21-6-2-7-22-8-4-14-10-18(14)15-9-17(12-19-11-15)23-13-16-3-5-20-16/h9,11-12,14,16,18,20H,2-8,10,13H2,1H3/t14-,16-,18-/m0/s1. The summed E-state index contributed by atoms with van der Waals surface area (Å²) < 4.78 is 16.5. The molecule has 23 heavy (non-hydrogen) atoms. The summed E-state index contributed by atoms with van der Waals surface area (Å²) in [5.74, 6) is 2.27. The van der Waals surface area contributed by atoms with Gasteiger partial charge in [-0.15, -0.1) is 0 Å². The average Bonchev–Trinajstić information content (AvgIpc) is 3.29. The van der Waals surface area contributed by atoms with Crippen LogP contribution >= 0.6 is 0 Å². The molecule has 2 heterocycles. The third-order valence-corrected chi connectivity index (χ3v) is 4.73. The second-order valence-corrected chi connectivity index (χ2v) is 6.55. The van der Waals surface area contributed by atoms with Crippen LogP contribution in [0.5, 0.6) is 5.75 Å². The summed E-state index contributed by atoms with van der Waals surface area (Å²) in [6.07, 6.45) is 8.37. The molecule has 0 radical (unpaired) electrons. The predicted octanol–water partition coefficient (Wildman–Crippen LogP) is 2.37. The van der Waals surface area contributed by atoms with E-state index in [1.165, 1.54) is 18.4 Å². The van der Waals surface area contributed by atoms with Gasteiger partial charge in [-0.05, 0) is 55.7 Å². The van der Waals surface area contributed by atoms with E-state index >= 15 is 0 Å². The number of nitrogens with zero attached hydrogens (tertiary/aromatic N) is 1. The Balaban J connectivity index is 1.35. The van der Waals surface area contributed by atoms with Crippen molar-refractivity contribution < 1.29 is 14.2 Å². The van der Waals surface area contributed by atoms with E-state index in [0.717, 1.165) is 57.5 Å². The van der Waals surface area contributed by atoms with Gasteiger partial charge >= 0.3 is 0 Å². The van der Waals surface area contributed by atoms with Crippen LogP contribution in [0, 0.1) is 5.92 Å². The third kappa shape index (κ3) is 5.16. The fourth-order valence-electron chi connectivity index (χ4n) is 3.02. The SMILES string of the molecule is COCCCOCC[C@H]1C[C@@H]1c1cncc(OC[C@@H]2CCN2)c1. The van der Waals surface area contributed by atoms with Gasteiger partial charge in [-0.1, -0.05) is 0 Å². The van der Waals surface area contributed by atoms with Gasteiger partial charge < -0.3 is 19.5 Å². The van der Waals surface area contributed by atoms with Crippen LogP contribution in [0.3, 0.4) is 0 Å². The molecule has 5 nitrogen and oxygen atoms in total. The lowest BCUT2D eigenvalue weighted by atomic mass is 10.1. The lowest BCUT2D eigenvalue weighted by molar-refractivity contribution is 0.0987. The summed E-state index contributed by atoms with van der Waals surface area (Å²) in [6, 6.07) is 2.68. The minimum absolute atomic E-state index is 0.516. The number of nitrogens with one attached hydrogen (secondary N) is 1. The summed E-state index contributed by atoms with van der Waals surface area (Å²) in [5.41, 5.74) is 1.31. The topological polar surface area (TPSA) is 52.6 Å². The van der Waals surface area contributed by atoms with Crippen LogP contribution < -0.4 is 10.1 Å². The first-order valence-corrected chi connectivity index (χ1v) is 8.74. The predicted molar refractivity (Wildman–Crippen MR) is 88.9 cm³/mol. The molecule has 0 aromatic carbocycles. The zero-order valence-electron chi connectivity index (χ0n) is 14.0. The molecule has 1 aliphatic heterocycles. The molecule has 0 spiro atoms. The van der Waals surface area contributed by atoms with E-state index in [2.05, 4.69) is 16.4 Å². The fraction of sp³-hybridized carbons (Fsp3) is 0.722. The first kappa shape index (κ1) is 16.7. The maximum atomic E-state index is 5.84. The molecule has 0 unspecified atom stereocenters. The Bertz CT molecular complexity index is 479. The Morgan fingerprint density at radius 3 is 2.96 bits per heavy atom. The Morgan fingerprint density at radius 2 is 2.17 bits per heavy atom. The first-order valence-electron chi connectivity index (χ1n) is 8.74. The minimum atomic E-state index is 0.516. The van der Waals surface area contributed by atoms with Crippen molar-refractivity contribution >= 4 is 0 Å². The molecule has 0 bridgehead atoms. The Kier molecular flexibility index (Phi) is 6.25. The van der Waals surface area contributed by atoms with E-state index in [1.54, 1.807) is 7.11 Å². The lowest BCUT2D eigenvalue weighted by Gasteiger charge is -2.27. The van der Waals surface area contributed by atoms with Crippen molar-refractivity contribution in [3.8, 4) is 5.75 Å². The van der Waals surface area contributed by atoms with E-state index in [4.69, 9.17) is 14.2 Å². The van der Waals surface area contributed by atoms with Crippen molar-refractivity contribution in [1.82, 2.24) is 10.3 Å². The van der Waals surface area contributed by atoms with Crippen LogP contribution in [0.1, 0.15) is 37.2 Å². The fourth-order valence-corrected chi connectivity index (χ4v) is 3.02. The number of hydrogen-bond acceptors (Lipinski definition) is 5. The first-order chi connectivity index (χ1) is 11.4. The summed E-state index contributed by atoms with van der Waals surface area (Å²) >= 11 is 0. The molecule has 3 rings (SSSR count). The van der Waals surface area contributed by atoms with Gasteiger partial charge in [-0.2, -0.15) is 0 Å². The zero-order valence-corrected chi connectivity index (χ0v) is 14.0. The van der Waals surface area contributed by atoms with Crippen LogP contribution in [0.4, 0.5) is 0 Å². The third-order valence-electron chi connectivity index (χ3n) is 4.73. The summed E-state index contributed by atoms with van der Waals surface area (Å²) in [6.45, 7) is 4.28. The van der Waals surface area contributed by atoms with Crippen molar-refractivity contribution in [3.05, 3.63) is 24.0 Å². The highest BCUT2D eigenvalue weighted by Gasteiger charge is 2.38. The average molecular weight is 320 g/mol. The van der Waals surface area contributed by atoms with Gasteiger partial charge in [0.1, 0.15) is 12.4 Å². The largest absolute Gasteiger partial charge is 0.490 e. The van der Waals surface area contributed by atoms with E-state index in [-0.39, 0.29) is 0 Å². The van der Waals surface area contributed by atoms with Gasteiger partial charge in [0.25, 0.3) is 0 Å². The van der Waals surface area contributed by atoms with E-state index in [1.807, 2.05) is 12.4 Å². The Morgan fingerprint density at radius 1 is 1.26 bits per heavy atom. The van der Waals surface area contributed by atoms with E-state index in [0.29, 0.717) is 12.0 Å².